The van der Waals surface area contributed by atoms with Gasteiger partial charge in [-0.3, -0.25) is 9.78 Å². The lowest BCUT2D eigenvalue weighted by Crippen LogP contribution is -2.50. The van der Waals surface area contributed by atoms with Crippen molar-refractivity contribution in [1.82, 2.24) is 9.88 Å². The molecule has 2 aromatic rings. The molecule has 1 amide bonds. The molecule has 1 fully saturated rings. The third kappa shape index (κ3) is 3.13. The SMILES string of the molecule is Cc1ccc(C(=O)N2CCCC(CO)(c3ccccc3)C2)cn1. The summed E-state index contributed by atoms with van der Waals surface area (Å²) >= 11 is 0. The molecular weight excluding hydrogens is 288 g/mol. The number of hydrogen-bond acceptors (Lipinski definition) is 3. The van der Waals surface area contributed by atoms with Gasteiger partial charge < -0.3 is 10.0 Å². The van der Waals surface area contributed by atoms with Crippen LogP contribution in [-0.4, -0.2) is 40.6 Å². The summed E-state index contributed by atoms with van der Waals surface area (Å²) in [5, 5.41) is 10.1. The molecule has 4 nitrogen and oxygen atoms in total. The van der Waals surface area contributed by atoms with Crippen molar-refractivity contribution in [3.05, 3.63) is 65.5 Å². The fourth-order valence-corrected chi connectivity index (χ4v) is 3.33. The molecule has 1 atom stereocenters. The molecule has 4 heteroatoms. The molecule has 1 aliphatic heterocycles. The molecule has 1 aromatic heterocycles. The molecule has 1 aromatic carbocycles. The molecule has 23 heavy (non-hydrogen) atoms. The number of nitrogens with zero attached hydrogens (tertiary/aromatic N) is 2. The quantitative estimate of drug-likeness (QED) is 0.948. The van der Waals surface area contributed by atoms with E-state index in [-0.39, 0.29) is 17.9 Å². The van der Waals surface area contributed by atoms with Crippen molar-refractivity contribution in [2.45, 2.75) is 25.2 Å². The number of hydrogen-bond donors (Lipinski definition) is 1. The Hall–Kier alpha value is -2.20. The number of aliphatic hydroxyl groups excluding tert-OH is 1. The summed E-state index contributed by atoms with van der Waals surface area (Å²) in [6.45, 7) is 3.22. The summed E-state index contributed by atoms with van der Waals surface area (Å²) in [5.41, 5.74) is 2.24. The van der Waals surface area contributed by atoms with Crippen LogP contribution >= 0.6 is 0 Å². The van der Waals surface area contributed by atoms with Crippen molar-refractivity contribution in [2.24, 2.45) is 0 Å². The van der Waals surface area contributed by atoms with Crippen LogP contribution < -0.4 is 0 Å². The fourth-order valence-electron chi connectivity index (χ4n) is 3.33. The monoisotopic (exact) mass is 310 g/mol. The topological polar surface area (TPSA) is 53.4 Å². The van der Waals surface area contributed by atoms with Gasteiger partial charge in [-0.05, 0) is 37.5 Å². The van der Waals surface area contributed by atoms with Crippen molar-refractivity contribution >= 4 is 5.91 Å². The van der Waals surface area contributed by atoms with Crippen LogP contribution in [0.3, 0.4) is 0 Å². The molecular formula is C19H22N2O2. The van der Waals surface area contributed by atoms with Crippen molar-refractivity contribution < 1.29 is 9.90 Å². The van der Waals surface area contributed by atoms with Crippen LogP contribution in [0.25, 0.3) is 0 Å². The van der Waals surface area contributed by atoms with E-state index in [4.69, 9.17) is 0 Å². The van der Waals surface area contributed by atoms with E-state index in [0.29, 0.717) is 12.1 Å². The molecule has 120 valence electrons. The third-order valence-corrected chi connectivity index (χ3v) is 4.71. The highest BCUT2D eigenvalue weighted by atomic mass is 16.3. The van der Waals surface area contributed by atoms with Gasteiger partial charge in [0.25, 0.3) is 5.91 Å². The van der Waals surface area contributed by atoms with Gasteiger partial charge in [-0.2, -0.15) is 0 Å². The predicted octanol–water partition coefficient (Wildman–Crippen LogP) is 2.56. The van der Waals surface area contributed by atoms with Gasteiger partial charge in [-0.15, -0.1) is 0 Å². The predicted molar refractivity (Wildman–Crippen MR) is 89.3 cm³/mol. The van der Waals surface area contributed by atoms with Crippen LogP contribution in [0.2, 0.25) is 0 Å². The van der Waals surface area contributed by atoms with E-state index >= 15 is 0 Å². The van der Waals surface area contributed by atoms with Crippen molar-refractivity contribution in [3.8, 4) is 0 Å². The Kier molecular flexibility index (Phi) is 4.44. The zero-order valence-corrected chi connectivity index (χ0v) is 13.4. The van der Waals surface area contributed by atoms with Crippen LogP contribution in [0.15, 0.2) is 48.7 Å². The number of pyridine rings is 1. The van der Waals surface area contributed by atoms with Gasteiger partial charge in [0.05, 0.1) is 12.2 Å². The highest BCUT2D eigenvalue weighted by Gasteiger charge is 2.38. The molecule has 1 saturated heterocycles. The number of likely N-dealkylation sites (tertiary alicyclic amines) is 1. The van der Waals surface area contributed by atoms with Crippen LogP contribution in [0.5, 0.6) is 0 Å². The second-order valence-corrected chi connectivity index (χ2v) is 6.32. The molecule has 2 heterocycles. The molecule has 0 saturated carbocycles. The van der Waals surface area contributed by atoms with Gasteiger partial charge in [0.15, 0.2) is 0 Å². The van der Waals surface area contributed by atoms with Gasteiger partial charge in [-0.1, -0.05) is 30.3 Å². The van der Waals surface area contributed by atoms with Gasteiger partial charge in [-0.25, -0.2) is 0 Å². The lowest BCUT2D eigenvalue weighted by atomic mass is 9.74. The number of amides is 1. The lowest BCUT2D eigenvalue weighted by molar-refractivity contribution is 0.0543. The summed E-state index contributed by atoms with van der Waals surface area (Å²) in [5.74, 6) is -0.00837. The summed E-state index contributed by atoms with van der Waals surface area (Å²) in [4.78, 5) is 18.8. The highest BCUT2D eigenvalue weighted by Crippen LogP contribution is 2.34. The second kappa shape index (κ2) is 6.50. The normalized spacial score (nSPS) is 21.2. The summed E-state index contributed by atoms with van der Waals surface area (Å²) < 4.78 is 0. The Morgan fingerprint density at radius 3 is 2.70 bits per heavy atom. The van der Waals surface area contributed by atoms with Gasteiger partial charge >= 0.3 is 0 Å². The van der Waals surface area contributed by atoms with E-state index in [1.54, 1.807) is 6.20 Å². The standard InChI is InChI=1S/C19H22N2O2/c1-15-8-9-16(12-20-15)18(23)21-11-5-10-19(13-21,14-22)17-6-3-2-4-7-17/h2-4,6-9,12,22H,5,10-11,13-14H2,1H3. The number of benzene rings is 1. The highest BCUT2D eigenvalue weighted by molar-refractivity contribution is 5.94. The number of carbonyl (C=O) groups excluding carboxylic acids is 1. The van der Waals surface area contributed by atoms with Gasteiger partial charge in [0.2, 0.25) is 0 Å². The van der Waals surface area contributed by atoms with E-state index in [1.165, 1.54) is 0 Å². The average molecular weight is 310 g/mol. The van der Waals surface area contributed by atoms with Gasteiger partial charge in [0.1, 0.15) is 0 Å². The number of aromatic nitrogens is 1. The summed E-state index contributed by atoms with van der Waals surface area (Å²) in [6.07, 6.45) is 3.42. The maximum Gasteiger partial charge on any atom is 0.255 e. The van der Waals surface area contributed by atoms with E-state index in [9.17, 15) is 9.90 Å². The van der Waals surface area contributed by atoms with E-state index in [1.807, 2.05) is 54.3 Å². The average Bonchev–Trinajstić information content (AvgIpc) is 2.62. The van der Waals surface area contributed by atoms with E-state index in [2.05, 4.69) is 4.98 Å². The number of carbonyl (C=O) groups is 1. The third-order valence-electron chi connectivity index (χ3n) is 4.71. The van der Waals surface area contributed by atoms with Crippen molar-refractivity contribution in [2.75, 3.05) is 19.7 Å². The fraction of sp³-hybridized carbons (Fsp3) is 0.368. The van der Waals surface area contributed by atoms with Crippen LogP contribution in [0.4, 0.5) is 0 Å². The molecule has 1 N–H and O–H groups in total. The molecule has 3 rings (SSSR count). The molecule has 1 aliphatic rings. The maximum atomic E-state index is 12.8. The van der Waals surface area contributed by atoms with Crippen LogP contribution in [-0.2, 0) is 5.41 Å². The zero-order valence-electron chi connectivity index (χ0n) is 13.4. The van der Waals surface area contributed by atoms with E-state index in [0.717, 1.165) is 30.6 Å². The first kappa shape index (κ1) is 15.7. The Bertz CT molecular complexity index is 670. The first-order valence-electron chi connectivity index (χ1n) is 8.03. The maximum absolute atomic E-state index is 12.8. The Labute approximate surface area is 136 Å². The second-order valence-electron chi connectivity index (χ2n) is 6.32. The molecule has 1 unspecified atom stereocenters. The summed E-state index contributed by atoms with van der Waals surface area (Å²) in [7, 11) is 0. The first-order chi connectivity index (χ1) is 11.1. The Morgan fingerprint density at radius 2 is 2.04 bits per heavy atom. The number of aryl methyl sites for hydroxylation is 1. The zero-order chi connectivity index (χ0) is 16.3. The number of rotatable bonds is 3. The smallest absolute Gasteiger partial charge is 0.255 e. The van der Waals surface area contributed by atoms with E-state index < -0.39 is 0 Å². The van der Waals surface area contributed by atoms with Crippen LogP contribution in [0.1, 0.15) is 34.5 Å². The minimum atomic E-state index is -0.368. The molecule has 0 bridgehead atoms. The largest absolute Gasteiger partial charge is 0.395 e. The summed E-state index contributed by atoms with van der Waals surface area (Å²) in [6, 6.07) is 13.7. The van der Waals surface area contributed by atoms with Gasteiger partial charge in [0, 0.05) is 30.4 Å². The van der Waals surface area contributed by atoms with Crippen LogP contribution in [0, 0.1) is 6.92 Å². The number of aliphatic hydroxyl groups is 1. The Morgan fingerprint density at radius 1 is 1.26 bits per heavy atom. The minimum Gasteiger partial charge on any atom is -0.395 e. The minimum absolute atomic E-state index is 0.00837. The van der Waals surface area contributed by atoms with Crippen molar-refractivity contribution in [1.29, 1.82) is 0 Å². The van der Waals surface area contributed by atoms with Crippen molar-refractivity contribution in [3.63, 3.8) is 0 Å². The molecule has 0 aliphatic carbocycles. The molecule has 0 spiro atoms. The first-order valence-corrected chi connectivity index (χ1v) is 8.03. The Balaban J connectivity index is 1.85. The molecule has 0 radical (unpaired) electrons. The lowest BCUT2D eigenvalue weighted by Gasteiger charge is -2.42. The number of piperidine rings is 1.